The van der Waals surface area contributed by atoms with Crippen molar-refractivity contribution in [1.29, 1.82) is 0 Å². The van der Waals surface area contributed by atoms with Crippen LogP contribution in [0.25, 0.3) is 28.4 Å². The van der Waals surface area contributed by atoms with Gasteiger partial charge in [0, 0.05) is 41.1 Å². The number of hydrogen-bond acceptors (Lipinski definition) is 2. The molecule has 2 N–H and O–H groups in total. The lowest BCUT2D eigenvalue weighted by molar-refractivity contribution is 0.441. The summed E-state index contributed by atoms with van der Waals surface area (Å²) in [4.78, 5) is 9.83. The van der Waals surface area contributed by atoms with Crippen LogP contribution in [0.5, 0.6) is 11.5 Å². The molecule has 0 saturated carbocycles. The lowest BCUT2D eigenvalue weighted by atomic mass is 10.1. The zero-order valence-electron chi connectivity index (χ0n) is 13.0. The second-order valence-electron chi connectivity index (χ2n) is 5.43. The summed E-state index contributed by atoms with van der Waals surface area (Å²) in [6, 6.07) is 7.34. The molecule has 0 saturated heterocycles. The number of hydrogen-bond donors (Lipinski definition) is 2. The first-order valence-electron chi connectivity index (χ1n) is 7.56. The predicted molar refractivity (Wildman–Crippen MR) is 92.4 cm³/mol. The fourth-order valence-electron chi connectivity index (χ4n) is 2.77. The molecule has 2 aromatic carbocycles. The predicted octanol–water partition coefficient (Wildman–Crippen LogP) is 5.27. The summed E-state index contributed by atoms with van der Waals surface area (Å²) in [5, 5.41) is 0.791. The number of fused-ring (bicyclic) bond motifs is 1. The first-order chi connectivity index (χ1) is 12.2. The Kier molecular flexibility index (Phi) is 3.57. The Labute approximate surface area is 141 Å². The van der Waals surface area contributed by atoms with Crippen molar-refractivity contribution in [1.82, 2.24) is 15.0 Å². The van der Waals surface area contributed by atoms with Gasteiger partial charge in [0.15, 0.2) is 11.6 Å². The van der Waals surface area contributed by atoms with E-state index in [4.69, 9.17) is 4.74 Å². The van der Waals surface area contributed by atoms with Crippen molar-refractivity contribution in [2.24, 2.45) is 0 Å². The van der Waals surface area contributed by atoms with Gasteiger partial charge in [-0.15, -0.1) is 0 Å². The molecule has 0 aliphatic heterocycles. The van der Waals surface area contributed by atoms with Gasteiger partial charge in [-0.3, -0.25) is 0 Å². The van der Waals surface area contributed by atoms with Crippen LogP contribution in [-0.4, -0.2) is 15.0 Å². The van der Waals surface area contributed by atoms with E-state index in [0.717, 1.165) is 5.39 Å². The van der Waals surface area contributed by atoms with Crippen LogP contribution in [-0.2, 0) is 0 Å². The molecule has 0 atom stereocenters. The quantitative estimate of drug-likeness (QED) is 0.533. The van der Waals surface area contributed by atoms with E-state index >= 15 is 0 Å². The van der Waals surface area contributed by atoms with E-state index in [0.29, 0.717) is 22.7 Å². The van der Waals surface area contributed by atoms with Gasteiger partial charge >= 0.3 is 0 Å². The lowest BCUT2D eigenvalue weighted by Gasteiger charge is -2.12. The van der Waals surface area contributed by atoms with Crippen molar-refractivity contribution in [3.05, 3.63) is 72.7 Å². The molecule has 0 spiro atoms. The number of nitrogens with zero attached hydrogens (tertiary/aromatic N) is 1. The highest BCUT2D eigenvalue weighted by molar-refractivity contribution is 5.91. The van der Waals surface area contributed by atoms with Gasteiger partial charge in [0.05, 0.1) is 5.56 Å². The van der Waals surface area contributed by atoms with E-state index in [9.17, 15) is 8.78 Å². The minimum atomic E-state index is -0.534. The van der Waals surface area contributed by atoms with Crippen LogP contribution in [0.4, 0.5) is 8.78 Å². The fraction of sp³-hybridized carbons (Fsp3) is 0. The smallest absolute Gasteiger partial charge is 0.170 e. The molecular weight excluding hydrogens is 324 g/mol. The zero-order valence-corrected chi connectivity index (χ0v) is 13.0. The number of rotatable bonds is 4. The third kappa shape index (κ3) is 2.57. The van der Waals surface area contributed by atoms with E-state index in [1.165, 1.54) is 36.5 Å². The second kappa shape index (κ2) is 5.90. The minimum Gasteiger partial charge on any atom is -0.454 e. The molecule has 0 unspecified atom stereocenters. The Bertz CT molecular complexity index is 1070. The number of ether oxygens (including phenoxy) is 1. The summed E-state index contributed by atoms with van der Waals surface area (Å²) in [7, 11) is 0. The number of benzene rings is 2. The van der Waals surface area contributed by atoms with Crippen LogP contribution in [0.1, 0.15) is 5.56 Å². The van der Waals surface area contributed by atoms with Gasteiger partial charge in [-0.1, -0.05) is 12.7 Å². The largest absolute Gasteiger partial charge is 0.454 e. The van der Waals surface area contributed by atoms with Crippen molar-refractivity contribution in [2.75, 3.05) is 0 Å². The Morgan fingerprint density at radius 2 is 1.92 bits per heavy atom. The van der Waals surface area contributed by atoms with E-state index in [1.807, 2.05) is 6.07 Å². The standard InChI is InChI=1S/C19H13F2N3O/c1-2-12-13-5-6-22-17(13)10-16(21)18(12)25-11-3-4-15(20)14(9-11)19-23-7-8-24-19/h2-10,22H,1H2,(H,23,24). The Balaban J connectivity index is 1.81. The van der Waals surface area contributed by atoms with Crippen LogP contribution in [0, 0.1) is 11.6 Å². The molecule has 6 heteroatoms. The lowest BCUT2D eigenvalue weighted by Crippen LogP contribution is -1.94. The summed E-state index contributed by atoms with van der Waals surface area (Å²) in [5.41, 5.74) is 1.42. The summed E-state index contributed by atoms with van der Waals surface area (Å²) >= 11 is 0. The number of halogens is 2. The Hall–Kier alpha value is -3.41. The molecule has 2 aromatic heterocycles. The average Bonchev–Trinajstić information content (AvgIpc) is 3.28. The molecule has 0 fully saturated rings. The zero-order chi connectivity index (χ0) is 17.4. The third-order valence-corrected chi connectivity index (χ3v) is 3.92. The van der Waals surface area contributed by atoms with Gasteiger partial charge in [-0.25, -0.2) is 13.8 Å². The first kappa shape index (κ1) is 15.1. The second-order valence-corrected chi connectivity index (χ2v) is 5.43. The monoisotopic (exact) mass is 337 g/mol. The molecule has 4 aromatic rings. The summed E-state index contributed by atoms with van der Waals surface area (Å²) in [5.74, 6) is -0.279. The molecule has 4 rings (SSSR count). The highest BCUT2D eigenvalue weighted by Crippen LogP contribution is 2.36. The van der Waals surface area contributed by atoms with Crippen LogP contribution < -0.4 is 4.74 Å². The maximum Gasteiger partial charge on any atom is 0.170 e. The first-order valence-corrected chi connectivity index (χ1v) is 7.56. The maximum absolute atomic E-state index is 14.5. The van der Waals surface area contributed by atoms with Crippen molar-refractivity contribution in [3.63, 3.8) is 0 Å². The molecule has 25 heavy (non-hydrogen) atoms. The SMILES string of the molecule is C=Cc1c(Oc2ccc(F)c(-c3ncc[nH]3)c2)c(F)cc2[nH]ccc12. The third-order valence-electron chi connectivity index (χ3n) is 3.92. The van der Waals surface area contributed by atoms with Gasteiger partial charge in [-0.05, 0) is 24.3 Å². The Morgan fingerprint density at radius 1 is 1.04 bits per heavy atom. The van der Waals surface area contributed by atoms with Crippen LogP contribution in [0.2, 0.25) is 0 Å². The number of aromatic nitrogens is 3. The molecule has 4 nitrogen and oxygen atoms in total. The molecule has 0 aliphatic carbocycles. The van der Waals surface area contributed by atoms with Gasteiger partial charge in [0.25, 0.3) is 0 Å². The van der Waals surface area contributed by atoms with E-state index in [1.54, 1.807) is 12.4 Å². The van der Waals surface area contributed by atoms with Crippen LogP contribution in [0.3, 0.4) is 0 Å². The van der Waals surface area contributed by atoms with Crippen LogP contribution in [0.15, 0.2) is 55.5 Å². The fourth-order valence-corrected chi connectivity index (χ4v) is 2.77. The molecule has 124 valence electrons. The van der Waals surface area contributed by atoms with Gasteiger partial charge in [0.1, 0.15) is 17.4 Å². The van der Waals surface area contributed by atoms with Gasteiger partial charge in [-0.2, -0.15) is 0 Å². The van der Waals surface area contributed by atoms with Crippen LogP contribution >= 0.6 is 0 Å². The highest BCUT2D eigenvalue weighted by atomic mass is 19.1. The van der Waals surface area contributed by atoms with Crippen molar-refractivity contribution < 1.29 is 13.5 Å². The summed E-state index contributed by atoms with van der Waals surface area (Å²) in [6.45, 7) is 3.74. The number of aromatic amines is 2. The van der Waals surface area contributed by atoms with E-state index in [2.05, 4.69) is 21.5 Å². The highest BCUT2D eigenvalue weighted by Gasteiger charge is 2.16. The summed E-state index contributed by atoms with van der Waals surface area (Å²) in [6.07, 6.45) is 6.37. The van der Waals surface area contributed by atoms with Crippen molar-refractivity contribution >= 4 is 17.0 Å². The number of imidazole rings is 1. The maximum atomic E-state index is 14.5. The molecular formula is C19H13F2N3O. The number of nitrogens with one attached hydrogen (secondary N) is 2. The molecule has 0 radical (unpaired) electrons. The molecule has 0 bridgehead atoms. The van der Waals surface area contributed by atoms with E-state index in [-0.39, 0.29) is 11.3 Å². The molecule has 0 aliphatic rings. The average molecular weight is 337 g/mol. The molecule has 0 amide bonds. The van der Waals surface area contributed by atoms with Crippen molar-refractivity contribution in [3.8, 4) is 22.9 Å². The minimum absolute atomic E-state index is 0.0408. The number of H-pyrrole nitrogens is 2. The normalized spacial score (nSPS) is 11.0. The van der Waals surface area contributed by atoms with Crippen molar-refractivity contribution in [2.45, 2.75) is 0 Å². The topological polar surface area (TPSA) is 53.7 Å². The van der Waals surface area contributed by atoms with Gasteiger partial charge in [0.2, 0.25) is 0 Å². The summed E-state index contributed by atoms with van der Waals surface area (Å²) < 4.78 is 34.3. The van der Waals surface area contributed by atoms with Gasteiger partial charge < -0.3 is 14.7 Å². The Morgan fingerprint density at radius 3 is 2.68 bits per heavy atom. The molecule has 2 heterocycles. The van der Waals surface area contributed by atoms with E-state index < -0.39 is 11.6 Å².